The topological polar surface area (TPSA) is 69.9 Å². The van der Waals surface area contributed by atoms with Gasteiger partial charge in [-0.15, -0.1) is 0 Å². The number of fused-ring (bicyclic) bond motifs is 9. The van der Waals surface area contributed by atoms with Crippen molar-refractivity contribution >= 4 is 65.7 Å². The number of para-hydroxylation sites is 2. The monoisotopic (exact) mass is 806 g/mol. The zero-order valence-electron chi connectivity index (χ0n) is 33.7. The SMILES string of the molecule is c1ccc(-c2cccc(-n3c4ccccc4c4cc(-c5ccc6oc7cccc(-c8nc(-c9ccccc9)nc(-c9ccc%10oc%11ccccc%11c%10c9)n8)c7c6c5)ccc43)c2)cc1. The molecule has 0 aliphatic heterocycles. The van der Waals surface area contributed by atoms with Crippen molar-refractivity contribution in [3.8, 4) is 62.1 Å². The first-order chi connectivity index (χ1) is 31.2. The fraction of sp³-hybridized carbons (Fsp3) is 0. The van der Waals surface area contributed by atoms with Crippen molar-refractivity contribution in [2.24, 2.45) is 0 Å². The van der Waals surface area contributed by atoms with Crippen molar-refractivity contribution < 1.29 is 8.83 Å². The standard InChI is InChI=1S/C57H34N4O2/c1-3-13-35(14-4-1)37-17-11-18-41(31-37)61-48-22-9-7-19-42(48)45-32-38(25-28-49(45)61)39-26-29-52-47(33-39)54-44(21-12-24-53(54)63-52)57-59-55(36-15-5-2-6-16-36)58-56(60-57)40-27-30-51-46(34-40)43-20-8-10-23-50(43)62-51/h1-34H. The Bertz CT molecular complexity index is 3920. The molecule has 0 spiro atoms. The molecule has 0 fully saturated rings. The van der Waals surface area contributed by atoms with Gasteiger partial charge in [-0.3, -0.25) is 0 Å². The van der Waals surface area contributed by atoms with E-state index in [-0.39, 0.29) is 0 Å². The van der Waals surface area contributed by atoms with Crippen LogP contribution in [0.3, 0.4) is 0 Å². The van der Waals surface area contributed by atoms with E-state index in [1.165, 1.54) is 27.4 Å². The van der Waals surface area contributed by atoms with Crippen molar-refractivity contribution in [3.05, 3.63) is 206 Å². The summed E-state index contributed by atoms with van der Waals surface area (Å²) in [7, 11) is 0. The van der Waals surface area contributed by atoms with Gasteiger partial charge in [0.2, 0.25) is 0 Å². The van der Waals surface area contributed by atoms with E-state index in [1.54, 1.807) is 0 Å². The number of aromatic nitrogens is 4. The normalized spacial score (nSPS) is 11.8. The largest absolute Gasteiger partial charge is 0.456 e. The van der Waals surface area contributed by atoms with Gasteiger partial charge in [0, 0.05) is 54.7 Å². The van der Waals surface area contributed by atoms with Gasteiger partial charge in [0.1, 0.15) is 22.3 Å². The summed E-state index contributed by atoms with van der Waals surface area (Å²) < 4.78 is 15.1. The Morgan fingerprint density at radius 1 is 0.302 bits per heavy atom. The van der Waals surface area contributed by atoms with Gasteiger partial charge in [0.05, 0.1) is 11.0 Å². The molecule has 0 amide bonds. The summed E-state index contributed by atoms with van der Waals surface area (Å²) in [5, 5.41) is 6.42. The summed E-state index contributed by atoms with van der Waals surface area (Å²) in [6, 6.07) is 71.7. The highest BCUT2D eigenvalue weighted by molar-refractivity contribution is 6.14. The molecule has 0 aliphatic carbocycles. The van der Waals surface area contributed by atoms with Gasteiger partial charge >= 0.3 is 0 Å². The third-order valence-corrected chi connectivity index (χ3v) is 12.3. The maximum atomic E-state index is 6.55. The molecule has 6 nitrogen and oxygen atoms in total. The van der Waals surface area contributed by atoms with E-state index in [2.05, 4.69) is 138 Å². The van der Waals surface area contributed by atoms with Crippen LogP contribution in [0.15, 0.2) is 215 Å². The van der Waals surface area contributed by atoms with E-state index >= 15 is 0 Å². The second kappa shape index (κ2) is 14.0. The first kappa shape index (κ1) is 35.2. The van der Waals surface area contributed by atoms with E-state index in [0.29, 0.717) is 17.5 Å². The Balaban J connectivity index is 0.962. The molecular formula is C57H34N4O2. The highest BCUT2D eigenvalue weighted by Gasteiger charge is 2.20. The number of hydrogen-bond donors (Lipinski definition) is 0. The first-order valence-electron chi connectivity index (χ1n) is 21.1. The Morgan fingerprint density at radius 3 is 1.68 bits per heavy atom. The van der Waals surface area contributed by atoms with Crippen molar-refractivity contribution in [1.29, 1.82) is 0 Å². The summed E-state index contributed by atoms with van der Waals surface area (Å²) in [6.07, 6.45) is 0. The number of furan rings is 2. The van der Waals surface area contributed by atoms with E-state index in [4.69, 9.17) is 23.8 Å². The lowest BCUT2D eigenvalue weighted by atomic mass is 9.99. The van der Waals surface area contributed by atoms with Crippen LogP contribution >= 0.6 is 0 Å². The van der Waals surface area contributed by atoms with Gasteiger partial charge < -0.3 is 13.4 Å². The zero-order chi connectivity index (χ0) is 41.4. The molecule has 63 heavy (non-hydrogen) atoms. The van der Waals surface area contributed by atoms with Crippen molar-refractivity contribution in [3.63, 3.8) is 0 Å². The van der Waals surface area contributed by atoms with Crippen molar-refractivity contribution in [1.82, 2.24) is 19.5 Å². The van der Waals surface area contributed by atoms with Gasteiger partial charge in [0.15, 0.2) is 17.5 Å². The molecule has 9 aromatic carbocycles. The van der Waals surface area contributed by atoms with Crippen LogP contribution in [0.25, 0.3) is 128 Å². The lowest BCUT2D eigenvalue weighted by Crippen LogP contribution is -2.00. The van der Waals surface area contributed by atoms with Crippen LogP contribution in [0.1, 0.15) is 0 Å². The molecule has 4 heterocycles. The molecule has 0 atom stereocenters. The Hall–Kier alpha value is -8.61. The van der Waals surface area contributed by atoms with Gasteiger partial charge in [-0.2, -0.15) is 0 Å². The summed E-state index contributed by atoms with van der Waals surface area (Å²) in [5.74, 6) is 1.74. The second-order valence-corrected chi connectivity index (χ2v) is 16.0. The summed E-state index contributed by atoms with van der Waals surface area (Å²) in [4.78, 5) is 15.4. The predicted molar refractivity (Wildman–Crippen MR) is 256 cm³/mol. The summed E-state index contributed by atoms with van der Waals surface area (Å²) in [5.41, 5.74) is 13.9. The molecular weight excluding hydrogens is 773 g/mol. The quantitative estimate of drug-likeness (QED) is 0.167. The lowest BCUT2D eigenvalue weighted by molar-refractivity contribution is 0.668. The van der Waals surface area contributed by atoms with Crippen LogP contribution in [0, 0.1) is 0 Å². The maximum absolute atomic E-state index is 6.55. The highest BCUT2D eigenvalue weighted by Crippen LogP contribution is 2.41. The maximum Gasteiger partial charge on any atom is 0.164 e. The molecule has 0 radical (unpaired) electrons. The molecule has 6 heteroatoms. The minimum Gasteiger partial charge on any atom is -0.456 e. The zero-order valence-corrected chi connectivity index (χ0v) is 33.7. The molecule has 4 aromatic heterocycles. The molecule has 294 valence electrons. The van der Waals surface area contributed by atoms with E-state index in [1.807, 2.05) is 72.8 Å². The first-order valence-corrected chi connectivity index (χ1v) is 21.1. The van der Waals surface area contributed by atoms with Crippen LogP contribution in [0.2, 0.25) is 0 Å². The summed E-state index contributed by atoms with van der Waals surface area (Å²) >= 11 is 0. The van der Waals surface area contributed by atoms with E-state index < -0.39 is 0 Å². The molecule has 0 unspecified atom stereocenters. The molecule has 0 N–H and O–H groups in total. The van der Waals surface area contributed by atoms with Gasteiger partial charge in [-0.25, -0.2) is 15.0 Å². The third kappa shape index (κ3) is 5.76. The molecule has 0 aliphatic rings. The van der Waals surface area contributed by atoms with Gasteiger partial charge in [0.25, 0.3) is 0 Å². The van der Waals surface area contributed by atoms with Crippen LogP contribution in [0.4, 0.5) is 0 Å². The Morgan fingerprint density at radius 2 is 0.841 bits per heavy atom. The molecule has 0 saturated heterocycles. The molecule has 0 bridgehead atoms. The van der Waals surface area contributed by atoms with Crippen LogP contribution in [-0.2, 0) is 0 Å². The number of rotatable bonds is 6. The Kier molecular flexibility index (Phi) is 7.80. The third-order valence-electron chi connectivity index (χ3n) is 12.3. The summed E-state index contributed by atoms with van der Waals surface area (Å²) in [6.45, 7) is 0. The predicted octanol–water partition coefficient (Wildman–Crippen LogP) is 15.1. The average Bonchev–Trinajstić information content (AvgIpc) is 4.03. The van der Waals surface area contributed by atoms with Crippen molar-refractivity contribution in [2.75, 3.05) is 0 Å². The molecule has 0 saturated carbocycles. The van der Waals surface area contributed by atoms with Crippen LogP contribution in [0.5, 0.6) is 0 Å². The van der Waals surface area contributed by atoms with Gasteiger partial charge in [-0.1, -0.05) is 133 Å². The smallest absolute Gasteiger partial charge is 0.164 e. The van der Waals surface area contributed by atoms with Crippen LogP contribution in [-0.4, -0.2) is 19.5 Å². The van der Waals surface area contributed by atoms with Crippen LogP contribution < -0.4 is 0 Å². The fourth-order valence-electron chi connectivity index (χ4n) is 9.29. The minimum absolute atomic E-state index is 0.570. The average molecular weight is 807 g/mol. The van der Waals surface area contributed by atoms with E-state index in [0.717, 1.165) is 82.9 Å². The number of hydrogen-bond acceptors (Lipinski definition) is 5. The Labute approximate surface area is 361 Å². The van der Waals surface area contributed by atoms with E-state index in [9.17, 15) is 0 Å². The number of nitrogens with zero attached hydrogens (tertiary/aromatic N) is 4. The van der Waals surface area contributed by atoms with Gasteiger partial charge in [-0.05, 0) is 95.1 Å². The van der Waals surface area contributed by atoms with Crippen molar-refractivity contribution in [2.45, 2.75) is 0 Å². The highest BCUT2D eigenvalue weighted by atomic mass is 16.3. The fourth-order valence-corrected chi connectivity index (χ4v) is 9.29. The minimum atomic E-state index is 0.570. The molecule has 13 aromatic rings. The molecule has 13 rings (SSSR count). The second-order valence-electron chi connectivity index (χ2n) is 16.0. The lowest BCUT2D eigenvalue weighted by Gasteiger charge is -2.11. The number of benzene rings is 9.